The average molecular weight is 213 g/mol. The lowest BCUT2D eigenvalue weighted by Gasteiger charge is -2.48. The summed E-state index contributed by atoms with van der Waals surface area (Å²) in [7, 11) is 2.23. The van der Waals surface area contributed by atoms with Crippen LogP contribution in [0.2, 0.25) is 0 Å². The van der Waals surface area contributed by atoms with Gasteiger partial charge in [-0.05, 0) is 20.0 Å². The van der Waals surface area contributed by atoms with Gasteiger partial charge in [0.25, 0.3) is 0 Å². The zero-order valence-corrected chi connectivity index (χ0v) is 10.7. The zero-order valence-electron chi connectivity index (χ0n) is 10.7. The van der Waals surface area contributed by atoms with Gasteiger partial charge in [0.1, 0.15) is 0 Å². The molecule has 1 heterocycles. The molecule has 0 aromatic carbocycles. The van der Waals surface area contributed by atoms with Crippen molar-refractivity contribution in [2.24, 2.45) is 0 Å². The van der Waals surface area contributed by atoms with E-state index < -0.39 is 0 Å². The first kappa shape index (κ1) is 13.0. The van der Waals surface area contributed by atoms with Gasteiger partial charge in [-0.15, -0.1) is 0 Å². The zero-order chi connectivity index (χ0) is 11.1. The number of likely N-dealkylation sites (N-methyl/N-ethyl adjacent to an activating group) is 1. The van der Waals surface area contributed by atoms with Crippen molar-refractivity contribution in [1.82, 2.24) is 4.90 Å². The van der Waals surface area contributed by atoms with Crippen molar-refractivity contribution in [2.75, 3.05) is 26.8 Å². The van der Waals surface area contributed by atoms with E-state index in [0.717, 1.165) is 19.8 Å². The first-order chi connectivity index (χ1) is 7.25. The van der Waals surface area contributed by atoms with Crippen LogP contribution in [-0.2, 0) is 4.74 Å². The van der Waals surface area contributed by atoms with Crippen molar-refractivity contribution >= 4 is 0 Å². The third-order valence-corrected chi connectivity index (χ3v) is 3.77. The highest BCUT2D eigenvalue weighted by Crippen LogP contribution is 2.29. The van der Waals surface area contributed by atoms with Crippen LogP contribution in [0.5, 0.6) is 0 Å². The van der Waals surface area contributed by atoms with E-state index in [1.54, 1.807) is 0 Å². The van der Waals surface area contributed by atoms with Gasteiger partial charge in [0.15, 0.2) is 0 Å². The Labute approximate surface area is 95.0 Å². The number of hydrogen-bond donors (Lipinski definition) is 0. The first-order valence-corrected chi connectivity index (χ1v) is 6.54. The van der Waals surface area contributed by atoms with E-state index in [1.165, 1.54) is 38.5 Å². The molecular weight excluding hydrogens is 186 g/mol. The Morgan fingerprint density at radius 1 is 1.07 bits per heavy atom. The normalized spacial score (nSPS) is 19.2. The fourth-order valence-corrected chi connectivity index (χ4v) is 2.29. The van der Waals surface area contributed by atoms with Crippen molar-refractivity contribution in [3.63, 3.8) is 0 Å². The van der Waals surface area contributed by atoms with Crippen LogP contribution in [0.25, 0.3) is 0 Å². The Bertz CT molecular complexity index is 166. The van der Waals surface area contributed by atoms with E-state index in [0.29, 0.717) is 5.54 Å². The molecule has 1 fully saturated rings. The molecule has 90 valence electrons. The summed E-state index contributed by atoms with van der Waals surface area (Å²) < 4.78 is 5.40. The Kier molecular flexibility index (Phi) is 5.62. The highest BCUT2D eigenvalue weighted by Gasteiger charge is 2.40. The number of nitrogens with zero attached hydrogens (tertiary/aromatic N) is 1. The molecule has 0 spiro atoms. The van der Waals surface area contributed by atoms with Gasteiger partial charge in [0.05, 0.1) is 18.8 Å². The van der Waals surface area contributed by atoms with Crippen molar-refractivity contribution < 1.29 is 4.74 Å². The minimum absolute atomic E-state index is 0.390. The van der Waals surface area contributed by atoms with Crippen molar-refractivity contribution in [1.29, 1.82) is 0 Å². The number of rotatable bonds is 8. The summed E-state index contributed by atoms with van der Waals surface area (Å²) >= 11 is 0. The molecular formula is C13H27NO. The monoisotopic (exact) mass is 213 g/mol. The van der Waals surface area contributed by atoms with Crippen molar-refractivity contribution in [3.8, 4) is 0 Å². The molecule has 0 radical (unpaired) electrons. The molecule has 0 aromatic heterocycles. The Morgan fingerprint density at radius 2 is 1.73 bits per heavy atom. The van der Waals surface area contributed by atoms with Crippen LogP contribution >= 0.6 is 0 Å². The van der Waals surface area contributed by atoms with Crippen LogP contribution in [0.15, 0.2) is 0 Å². The lowest BCUT2D eigenvalue weighted by molar-refractivity contribution is -0.135. The molecule has 0 N–H and O–H groups in total. The number of unbranched alkanes of at least 4 members (excludes halogenated alkanes) is 4. The van der Waals surface area contributed by atoms with E-state index in [1.807, 2.05) is 0 Å². The lowest BCUT2D eigenvalue weighted by atomic mass is 9.88. The largest absolute Gasteiger partial charge is 0.377 e. The molecule has 2 heteroatoms. The van der Waals surface area contributed by atoms with Crippen molar-refractivity contribution in [2.45, 2.75) is 57.9 Å². The van der Waals surface area contributed by atoms with Crippen LogP contribution in [0.3, 0.4) is 0 Å². The second-order valence-electron chi connectivity index (χ2n) is 4.90. The standard InChI is InChI=1S/C13H27NO/c1-4-6-7-8-9-10-13(11-15-12-13)14(3)5-2/h4-12H2,1-3H3. The minimum atomic E-state index is 0.390. The third kappa shape index (κ3) is 3.46. The van der Waals surface area contributed by atoms with Crippen LogP contribution in [0, 0.1) is 0 Å². The van der Waals surface area contributed by atoms with Gasteiger partial charge in [-0.3, -0.25) is 4.90 Å². The summed E-state index contributed by atoms with van der Waals surface area (Å²) in [5.41, 5.74) is 0.390. The minimum Gasteiger partial charge on any atom is -0.377 e. The summed E-state index contributed by atoms with van der Waals surface area (Å²) in [6.07, 6.45) is 8.22. The van der Waals surface area contributed by atoms with Gasteiger partial charge in [-0.25, -0.2) is 0 Å². The van der Waals surface area contributed by atoms with E-state index in [2.05, 4.69) is 25.8 Å². The van der Waals surface area contributed by atoms with Crippen LogP contribution in [0.4, 0.5) is 0 Å². The molecule has 1 rings (SSSR count). The van der Waals surface area contributed by atoms with E-state index >= 15 is 0 Å². The van der Waals surface area contributed by atoms with Crippen molar-refractivity contribution in [3.05, 3.63) is 0 Å². The second-order valence-corrected chi connectivity index (χ2v) is 4.90. The predicted molar refractivity (Wildman–Crippen MR) is 65.2 cm³/mol. The molecule has 1 aliphatic rings. The van der Waals surface area contributed by atoms with Crippen LogP contribution in [0.1, 0.15) is 52.4 Å². The fraction of sp³-hybridized carbons (Fsp3) is 1.00. The Balaban J connectivity index is 2.16. The summed E-state index contributed by atoms with van der Waals surface area (Å²) in [5, 5.41) is 0. The van der Waals surface area contributed by atoms with E-state index in [4.69, 9.17) is 4.74 Å². The van der Waals surface area contributed by atoms with E-state index in [9.17, 15) is 0 Å². The maximum atomic E-state index is 5.40. The molecule has 1 saturated heterocycles. The van der Waals surface area contributed by atoms with Gasteiger partial charge in [-0.2, -0.15) is 0 Å². The summed E-state index contributed by atoms with van der Waals surface area (Å²) in [5.74, 6) is 0. The molecule has 0 aromatic rings. The molecule has 1 aliphatic heterocycles. The van der Waals surface area contributed by atoms with E-state index in [-0.39, 0.29) is 0 Å². The SMILES string of the molecule is CCCCCCCC1(N(C)CC)COC1. The maximum absolute atomic E-state index is 5.40. The predicted octanol–water partition coefficient (Wildman–Crippen LogP) is 3.07. The summed E-state index contributed by atoms with van der Waals surface area (Å²) in [4.78, 5) is 2.47. The molecule has 2 nitrogen and oxygen atoms in total. The lowest BCUT2D eigenvalue weighted by Crippen LogP contribution is -2.60. The third-order valence-electron chi connectivity index (χ3n) is 3.77. The topological polar surface area (TPSA) is 12.5 Å². The molecule has 0 amide bonds. The summed E-state index contributed by atoms with van der Waals surface area (Å²) in [6, 6.07) is 0. The molecule has 0 unspecified atom stereocenters. The smallest absolute Gasteiger partial charge is 0.0676 e. The fourth-order valence-electron chi connectivity index (χ4n) is 2.29. The van der Waals surface area contributed by atoms with Gasteiger partial charge >= 0.3 is 0 Å². The van der Waals surface area contributed by atoms with Gasteiger partial charge in [0.2, 0.25) is 0 Å². The van der Waals surface area contributed by atoms with Gasteiger partial charge in [-0.1, -0.05) is 46.0 Å². The second kappa shape index (κ2) is 6.49. The number of ether oxygens (including phenoxy) is 1. The molecule has 15 heavy (non-hydrogen) atoms. The van der Waals surface area contributed by atoms with Gasteiger partial charge < -0.3 is 4.74 Å². The molecule has 0 bridgehead atoms. The van der Waals surface area contributed by atoms with Crippen LogP contribution in [-0.4, -0.2) is 37.2 Å². The highest BCUT2D eigenvalue weighted by molar-refractivity contribution is 4.94. The summed E-state index contributed by atoms with van der Waals surface area (Å²) in [6.45, 7) is 7.54. The highest BCUT2D eigenvalue weighted by atomic mass is 16.5. The van der Waals surface area contributed by atoms with Crippen LogP contribution < -0.4 is 0 Å². The number of hydrogen-bond acceptors (Lipinski definition) is 2. The quantitative estimate of drug-likeness (QED) is 0.575. The molecule has 0 aliphatic carbocycles. The Morgan fingerprint density at radius 3 is 2.20 bits per heavy atom. The van der Waals surface area contributed by atoms with Gasteiger partial charge in [0, 0.05) is 0 Å². The maximum Gasteiger partial charge on any atom is 0.0676 e. The Hall–Kier alpha value is -0.0800. The average Bonchev–Trinajstić information content (AvgIpc) is 2.20. The first-order valence-electron chi connectivity index (χ1n) is 6.54. The molecule has 0 saturated carbocycles. The molecule has 0 atom stereocenters.